The lowest BCUT2D eigenvalue weighted by atomic mass is 10.1. The highest BCUT2D eigenvalue weighted by molar-refractivity contribution is 7.94. The van der Waals surface area contributed by atoms with E-state index in [1.54, 1.807) is 11.4 Å². The zero-order valence-electron chi connectivity index (χ0n) is 18.5. The minimum Gasteiger partial charge on any atom is -0.491 e. The summed E-state index contributed by atoms with van der Waals surface area (Å²) in [5.74, 6) is -0.101. The van der Waals surface area contributed by atoms with Crippen molar-refractivity contribution < 1.29 is 22.3 Å². The molecule has 3 aromatic rings. The van der Waals surface area contributed by atoms with Crippen LogP contribution in [-0.4, -0.2) is 33.5 Å². The van der Waals surface area contributed by atoms with E-state index in [0.717, 1.165) is 33.4 Å². The van der Waals surface area contributed by atoms with Gasteiger partial charge < -0.3 is 10.1 Å². The van der Waals surface area contributed by atoms with Crippen LogP contribution in [0.5, 0.6) is 5.75 Å². The van der Waals surface area contributed by atoms with E-state index in [1.165, 1.54) is 30.3 Å². The molecular weight excluding hydrogens is 463 g/mol. The number of anilines is 1. The molecule has 0 aliphatic rings. The fourth-order valence-corrected chi connectivity index (χ4v) is 5.68. The molecule has 33 heavy (non-hydrogen) atoms. The Morgan fingerprint density at radius 2 is 1.79 bits per heavy atom. The molecule has 1 amide bonds. The number of hydrogen-bond donors (Lipinski definition) is 1. The number of nitrogens with one attached hydrogen (secondary N) is 1. The van der Waals surface area contributed by atoms with Crippen molar-refractivity contribution >= 4 is 33.0 Å². The maximum Gasteiger partial charge on any atom is 0.274 e. The van der Waals surface area contributed by atoms with Gasteiger partial charge in [0.05, 0.1) is 11.8 Å². The highest BCUT2D eigenvalue weighted by Crippen LogP contribution is 2.26. The number of carbonyl (C=O) groups is 1. The van der Waals surface area contributed by atoms with Gasteiger partial charge in [-0.15, -0.1) is 11.3 Å². The standard InChI is InChI=1S/C24H27FN2O4S2/c1-18(2)31-22-13-7-19(8-14-22)5-3-15-26-23(28)17-27(21-11-9-20(25)10-12-21)33(29,30)24-6-4-16-32-24/h4,6-14,16,18H,3,5,15,17H2,1-2H3,(H,26,28). The number of ether oxygens (including phenoxy) is 1. The first-order valence-corrected chi connectivity index (χ1v) is 12.9. The van der Waals surface area contributed by atoms with Gasteiger partial charge in [0.25, 0.3) is 10.0 Å². The summed E-state index contributed by atoms with van der Waals surface area (Å²) in [6.07, 6.45) is 1.58. The highest BCUT2D eigenvalue weighted by atomic mass is 32.2. The summed E-state index contributed by atoms with van der Waals surface area (Å²) < 4.78 is 46.3. The molecule has 0 atom stereocenters. The molecule has 0 bridgehead atoms. The Labute approximate surface area is 198 Å². The molecule has 1 heterocycles. The second-order valence-corrected chi connectivity index (χ2v) is 10.7. The van der Waals surface area contributed by atoms with Gasteiger partial charge in [0, 0.05) is 6.54 Å². The topological polar surface area (TPSA) is 75.7 Å². The van der Waals surface area contributed by atoms with Crippen molar-refractivity contribution in [3.05, 3.63) is 77.4 Å². The van der Waals surface area contributed by atoms with Crippen LogP contribution in [0.4, 0.5) is 10.1 Å². The normalized spacial score (nSPS) is 11.4. The lowest BCUT2D eigenvalue weighted by molar-refractivity contribution is -0.119. The summed E-state index contributed by atoms with van der Waals surface area (Å²) in [5, 5.41) is 4.43. The van der Waals surface area contributed by atoms with Gasteiger partial charge in [-0.3, -0.25) is 9.10 Å². The predicted octanol–water partition coefficient (Wildman–Crippen LogP) is 4.62. The molecule has 0 fully saturated rings. The molecule has 0 radical (unpaired) electrons. The molecule has 0 aliphatic carbocycles. The van der Waals surface area contributed by atoms with Crippen LogP contribution in [0.1, 0.15) is 25.8 Å². The first-order valence-electron chi connectivity index (χ1n) is 10.6. The van der Waals surface area contributed by atoms with Crippen molar-refractivity contribution in [2.24, 2.45) is 0 Å². The largest absolute Gasteiger partial charge is 0.491 e. The third-order valence-electron chi connectivity index (χ3n) is 4.70. The first kappa shape index (κ1) is 24.7. The number of rotatable bonds is 11. The predicted molar refractivity (Wildman–Crippen MR) is 129 cm³/mol. The van der Waals surface area contributed by atoms with Crippen LogP contribution < -0.4 is 14.4 Å². The summed E-state index contributed by atoms with van der Waals surface area (Å²) in [4.78, 5) is 12.6. The highest BCUT2D eigenvalue weighted by Gasteiger charge is 2.28. The van der Waals surface area contributed by atoms with E-state index in [2.05, 4.69) is 5.32 Å². The number of aryl methyl sites for hydroxylation is 1. The molecule has 0 aliphatic heterocycles. The van der Waals surface area contributed by atoms with Gasteiger partial charge in [-0.2, -0.15) is 0 Å². The number of thiophene rings is 1. The van der Waals surface area contributed by atoms with Crippen LogP contribution in [0.3, 0.4) is 0 Å². The Morgan fingerprint density at radius 1 is 1.09 bits per heavy atom. The van der Waals surface area contributed by atoms with Crippen LogP contribution in [-0.2, 0) is 21.2 Å². The Kier molecular flexibility index (Phi) is 8.46. The number of carbonyl (C=O) groups excluding carboxylic acids is 1. The molecular formula is C24H27FN2O4S2. The Balaban J connectivity index is 1.58. The van der Waals surface area contributed by atoms with Crippen LogP contribution >= 0.6 is 11.3 Å². The molecule has 3 rings (SSSR count). The third kappa shape index (κ3) is 7.03. The summed E-state index contributed by atoms with van der Waals surface area (Å²) in [7, 11) is -3.95. The Morgan fingerprint density at radius 3 is 2.39 bits per heavy atom. The minimum atomic E-state index is -3.95. The summed E-state index contributed by atoms with van der Waals surface area (Å²) >= 11 is 1.06. The van der Waals surface area contributed by atoms with Gasteiger partial charge in [0.15, 0.2) is 0 Å². The van der Waals surface area contributed by atoms with Gasteiger partial charge in [-0.05, 0) is 80.1 Å². The van der Waals surface area contributed by atoms with E-state index < -0.39 is 28.3 Å². The molecule has 0 saturated carbocycles. The maximum atomic E-state index is 13.4. The molecule has 0 unspecified atom stereocenters. The quantitative estimate of drug-likeness (QED) is 0.398. The molecule has 0 saturated heterocycles. The molecule has 2 aromatic carbocycles. The van der Waals surface area contributed by atoms with Crippen LogP contribution in [0.2, 0.25) is 0 Å². The average Bonchev–Trinajstić information content (AvgIpc) is 3.32. The van der Waals surface area contributed by atoms with Crippen LogP contribution in [0.25, 0.3) is 0 Å². The van der Waals surface area contributed by atoms with E-state index in [1.807, 2.05) is 38.1 Å². The van der Waals surface area contributed by atoms with E-state index >= 15 is 0 Å². The van der Waals surface area contributed by atoms with Crippen molar-refractivity contribution in [1.29, 1.82) is 0 Å². The molecule has 1 N–H and O–H groups in total. The zero-order valence-corrected chi connectivity index (χ0v) is 20.2. The van der Waals surface area contributed by atoms with E-state index in [-0.39, 0.29) is 16.0 Å². The minimum absolute atomic E-state index is 0.115. The number of sulfonamides is 1. The summed E-state index contributed by atoms with van der Waals surface area (Å²) in [5.41, 5.74) is 1.34. The maximum absolute atomic E-state index is 13.4. The van der Waals surface area contributed by atoms with Crippen molar-refractivity contribution in [3.8, 4) is 5.75 Å². The smallest absolute Gasteiger partial charge is 0.274 e. The number of amides is 1. The first-order chi connectivity index (χ1) is 15.8. The molecule has 6 nitrogen and oxygen atoms in total. The van der Waals surface area contributed by atoms with E-state index in [4.69, 9.17) is 4.74 Å². The van der Waals surface area contributed by atoms with Crippen LogP contribution in [0.15, 0.2) is 70.3 Å². The van der Waals surface area contributed by atoms with Crippen molar-refractivity contribution in [2.75, 3.05) is 17.4 Å². The number of halogens is 1. The zero-order chi connectivity index (χ0) is 23.8. The Bertz CT molecular complexity index is 1130. The second kappa shape index (κ2) is 11.3. The summed E-state index contributed by atoms with van der Waals surface area (Å²) in [6.45, 7) is 3.95. The monoisotopic (exact) mass is 490 g/mol. The fourth-order valence-electron chi connectivity index (χ4n) is 3.15. The molecule has 176 valence electrons. The van der Waals surface area contributed by atoms with Crippen molar-refractivity contribution in [1.82, 2.24) is 5.32 Å². The SMILES string of the molecule is CC(C)Oc1ccc(CCCNC(=O)CN(c2ccc(F)cc2)S(=O)(=O)c2cccs2)cc1. The van der Waals surface area contributed by atoms with Gasteiger partial charge in [0.2, 0.25) is 5.91 Å². The van der Waals surface area contributed by atoms with Gasteiger partial charge in [0.1, 0.15) is 22.3 Å². The summed E-state index contributed by atoms with van der Waals surface area (Å²) in [6, 6.07) is 16.0. The van der Waals surface area contributed by atoms with Gasteiger partial charge in [-0.1, -0.05) is 18.2 Å². The lowest BCUT2D eigenvalue weighted by Crippen LogP contribution is -2.41. The van der Waals surface area contributed by atoms with E-state index in [9.17, 15) is 17.6 Å². The lowest BCUT2D eigenvalue weighted by Gasteiger charge is -2.23. The van der Waals surface area contributed by atoms with E-state index in [0.29, 0.717) is 13.0 Å². The molecule has 9 heteroatoms. The van der Waals surface area contributed by atoms with Crippen molar-refractivity contribution in [2.45, 2.75) is 37.0 Å². The number of hydrogen-bond acceptors (Lipinski definition) is 5. The molecule has 1 aromatic heterocycles. The second-order valence-electron chi connectivity index (χ2n) is 7.68. The van der Waals surface area contributed by atoms with Gasteiger partial charge >= 0.3 is 0 Å². The van der Waals surface area contributed by atoms with Crippen molar-refractivity contribution in [3.63, 3.8) is 0 Å². The third-order valence-corrected chi connectivity index (χ3v) is 7.85. The van der Waals surface area contributed by atoms with Crippen LogP contribution in [0, 0.1) is 5.82 Å². The number of benzene rings is 2. The fraction of sp³-hybridized carbons (Fsp3) is 0.292. The van der Waals surface area contributed by atoms with Gasteiger partial charge in [-0.25, -0.2) is 12.8 Å². The Hall–Kier alpha value is -2.91. The molecule has 0 spiro atoms. The average molecular weight is 491 g/mol. The number of nitrogens with zero attached hydrogens (tertiary/aromatic N) is 1.